The van der Waals surface area contributed by atoms with Crippen LogP contribution in [0.5, 0.6) is 5.75 Å². The van der Waals surface area contributed by atoms with Gasteiger partial charge in [0.25, 0.3) is 0 Å². The second-order valence-corrected chi connectivity index (χ2v) is 7.81. The second-order valence-electron chi connectivity index (χ2n) is 7.81. The minimum Gasteiger partial charge on any atom is -0.493 e. The van der Waals surface area contributed by atoms with Gasteiger partial charge in [-0.3, -0.25) is 9.79 Å². The molecule has 0 aliphatic carbocycles. The van der Waals surface area contributed by atoms with E-state index in [1.54, 1.807) is 7.05 Å². The SMILES string of the molecule is CN=C(NCc1ccccc1OCC(C)C)NC1CCN(C(=O)C(C)C)C1. The molecule has 1 unspecified atom stereocenters. The second kappa shape index (κ2) is 10.2. The zero-order valence-corrected chi connectivity index (χ0v) is 17.3. The van der Waals surface area contributed by atoms with Crippen LogP contribution in [0.25, 0.3) is 0 Å². The van der Waals surface area contributed by atoms with Gasteiger partial charge in [0.05, 0.1) is 6.61 Å². The third-order valence-corrected chi connectivity index (χ3v) is 4.55. The monoisotopic (exact) mass is 374 g/mol. The molecule has 6 heteroatoms. The number of ether oxygens (including phenoxy) is 1. The molecule has 1 saturated heterocycles. The topological polar surface area (TPSA) is 66.0 Å². The number of nitrogens with zero attached hydrogens (tertiary/aromatic N) is 2. The summed E-state index contributed by atoms with van der Waals surface area (Å²) in [6.45, 7) is 11.0. The quantitative estimate of drug-likeness (QED) is 0.569. The third-order valence-electron chi connectivity index (χ3n) is 4.55. The molecule has 0 bridgehead atoms. The molecule has 1 aliphatic heterocycles. The van der Waals surface area contributed by atoms with Crippen LogP contribution in [0, 0.1) is 11.8 Å². The number of rotatable bonds is 7. The van der Waals surface area contributed by atoms with Crippen LogP contribution < -0.4 is 15.4 Å². The predicted molar refractivity (Wildman–Crippen MR) is 110 cm³/mol. The van der Waals surface area contributed by atoms with Gasteiger partial charge in [-0.05, 0) is 18.4 Å². The zero-order chi connectivity index (χ0) is 19.8. The first kappa shape index (κ1) is 21.1. The lowest BCUT2D eigenvalue weighted by molar-refractivity contribution is -0.133. The molecule has 1 atom stereocenters. The minimum absolute atomic E-state index is 0.0449. The summed E-state index contributed by atoms with van der Waals surface area (Å²) in [5.41, 5.74) is 1.10. The van der Waals surface area contributed by atoms with Crippen LogP contribution in [0.1, 0.15) is 39.7 Å². The standard InChI is InChI=1S/C21H34N4O2/c1-15(2)14-27-19-9-7-6-8-17(19)12-23-21(22-5)24-18-10-11-25(13-18)20(26)16(3)4/h6-9,15-16,18H,10-14H2,1-5H3,(H2,22,23,24). The van der Waals surface area contributed by atoms with Crippen LogP contribution in [0.2, 0.25) is 0 Å². The Morgan fingerprint density at radius 2 is 2.04 bits per heavy atom. The van der Waals surface area contributed by atoms with E-state index in [0.29, 0.717) is 19.1 Å². The summed E-state index contributed by atoms with van der Waals surface area (Å²) in [6, 6.07) is 8.30. The number of carbonyl (C=O) groups is 1. The van der Waals surface area contributed by atoms with Gasteiger partial charge in [0, 0.05) is 44.2 Å². The van der Waals surface area contributed by atoms with Crippen LogP contribution >= 0.6 is 0 Å². The van der Waals surface area contributed by atoms with E-state index >= 15 is 0 Å². The minimum atomic E-state index is 0.0449. The van der Waals surface area contributed by atoms with Crippen molar-refractivity contribution < 1.29 is 9.53 Å². The predicted octanol–water partition coefficient (Wildman–Crippen LogP) is 2.64. The van der Waals surface area contributed by atoms with Crippen LogP contribution in [0.15, 0.2) is 29.3 Å². The molecule has 2 rings (SSSR count). The zero-order valence-electron chi connectivity index (χ0n) is 17.3. The highest BCUT2D eigenvalue weighted by molar-refractivity contribution is 5.81. The summed E-state index contributed by atoms with van der Waals surface area (Å²) in [5.74, 6) is 2.41. The first-order valence-electron chi connectivity index (χ1n) is 9.87. The van der Waals surface area contributed by atoms with E-state index in [2.05, 4.69) is 35.5 Å². The fourth-order valence-electron chi connectivity index (χ4n) is 3.06. The Labute approximate surface area is 163 Å². The largest absolute Gasteiger partial charge is 0.493 e. The number of benzene rings is 1. The van der Waals surface area contributed by atoms with E-state index in [1.807, 2.05) is 36.9 Å². The van der Waals surface area contributed by atoms with Gasteiger partial charge in [0.2, 0.25) is 5.91 Å². The molecule has 0 spiro atoms. The van der Waals surface area contributed by atoms with Crippen molar-refractivity contribution in [3.63, 3.8) is 0 Å². The summed E-state index contributed by atoms with van der Waals surface area (Å²) < 4.78 is 5.92. The molecule has 0 saturated carbocycles. The average molecular weight is 375 g/mol. The molecule has 0 radical (unpaired) electrons. The van der Waals surface area contributed by atoms with Gasteiger partial charge in [-0.1, -0.05) is 45.9 Å². The molecule has 1 aromatic rings. The highest BCUT2D eigenvalue weighted by Gasteiger charge is 2.27. The number of nitrogens with one attached hydrogen (secondary N) is 2. The normalized spacial score (nSPS) is 17.5. The maximum atomic E-state index is 12.1. The number of carbonyl (C=O) groups excluding carboxylic acids is 1. The van der Waals surface area contributed by atoms with E-state index in [0.717, 1.165) is 36.8 Å². The highest BCUT2D eigenvalue weighted by atomic mass is 16.5. The van der Waals surface area contributed by atoms with E-state index in [1.165, 1.54) is 0 Å². The smallest absolute Gasteiger partial charge is 0.225 e. The van der Waals surface area contributed by atoms with E-state index < -0.39 is 0 Å². The molecular weight excluding hydrogens is 340 g/mol. The Balaban J connectivity index is 1.87. The Kier molecular flexibility index (Phi) is 7.95. The number of amides is 1. The lowest BCUT2D eigenvalue weighted by atomic mass is 10.2. The fraction of sp³-hybridized carbons (Fsp3) is 0.619. The third kappa shape index (κ3) is 6.45. The van der Waals surface area contributed by atoms with Gasteiger partial charge in [-0.25, -0.2) is 0 Å². The molecule has 27 heavy (non-hydrogen) atoms. The van der Waals surface area contributed by atoms with Crippen molar-refractivity contribution in [1.29, 1.82) is 0 Å². The summed E-state index contributed by atoms with van der Waals surface area (Å²) >= 11 is 0. The lowest BCUT2D eigenvalue weighted by Gasteiger charge is -2.20. The van der Waals surface area contributed by atoms with E-state index in [4.69, 9.17) is 4.74 Å². The summed E-state index contributed by atoms with van der Waals surface area (Å²) in [4.78, 5) is 18.4. The van der Waals surface area contributed by atoms with Crippen molar-refractivity contribution in [2.24, 2.45) is 16.8 Å². The summed E-state index contributed by atoms with van der Waals surface area (Å²) in [5, 5.41) is 6.80. The Morgan fingerprint density at radius 3 is 2.70 bits per heavy atom. The molecule has 1 aromatic carbocycles. The average Bonchev–Trinajstić information content (AvgIpc) is 3.11. The first-order valence-corrected chi connectivity index (χ1v) is 9.87. The highest BCUT2D eigenvalue weighted by Crippen LogP contribution is 2.18. The van der Waals surface area contributed by atoms with Gasteiger partial charge < -0.3 is 20.3 Å². The van der Waals surface area contributed by atoms with Crippen LogP contribution in [0.4, 0.5) is 0 Å². The number of hydrogen-bond donors (Lipinski definition) is 2. The lowest BCUT2D eigenvalue weighted by Crippen LogP contribution is -2.45. The molecule has 1 aliphatic rings. The number of likely N-dealkylation sites (tertiary alicyclic amines) is 1. The molecule has 1 fully saturated rings. The molecule has 2 N–H and O–H groups in total. The molecule has 0 aromatic heterocycles. The van der Waals surface area contributed by atoms with Crippen molar-refractivity contribution in [2.75, 3.05) is 26.7 Å². The van der Waals surface area contributed by atoms with Gasteiger partial charge in [0.15, 0.2) is 5.96 Å². The van der Waals surface area contributed by atoms with Gasteiger partial charge in [-0.15, -0.1) is 0 Å². The van der Waals surface area contributed by atoms with Crippen molar-refractivity contribution in [3.05, 3.63) is 29.8 Å². The van der Waals surface area contributed by atoms with Gasteiger partial charge >= 0.3 is 0 Å². The number of guanidine groups is 1. The van der Waals surface area contributed by atoms with Crippen molar-refractivity contribution in [1.82, 2.24) is 15.5 Å². The maximum absolute atomic E-state index is 12.1. The summed E-state index contributed by atoms with van der Waals surface area (Å²) in [7, 11) is 1.77. The Hall–Kier alpha value is -2.24. The van der Waals surface area contributed by atoms with Crippen molar-refractivity contribution in [3.8, 4) is 5.75 Å². The molecule has 1 heterocycles. The molecular formula is C21H34N4O2. The number of aliphatic imine (C=N–C) groups is 1. The van der Waals surface area contributed by atoms with Crippen LogP contribution in [-0.2, 0) is 11.3 Å². The number of para-hydroxylation sites is 1. The Bertz CT molecular complexity index is 643. The van der Waals surface area contributed by atoms with Gasteiger partial charge in [-0.2, -0.15) is 0 Å². The first-order chi connectivity index (χ1) is 12.9. The van der Waals surface area contributed by atoms with Crippen LogP contribution in [-0.4, -0.2) is 49.6 Å². The van der Waals surface area contributed by atoms with Crippen molar-refractivity contribution in [2.45, 2.75) is 46.7 Å². The summed E-state index contributed by atoms with van der Waals surface area (Å²) in [6.07, 6.45) is 0.938. The van der Waals surface area contributed by atoms with Crippen LogP contribution in [0.3, 0.4) is 0 Å². The molecule has 150 valence electrons. The van der Waals surface area contributed by atoms with Gasteiger partial charge in [0.1, 0.15) is 5.75 Å². The Morgan fingerprint density at radius 1 is 1.30 bits per heavy atom. The molecule has 6 nitrogen and oxygen atoms in total. The number of hydrogen-bond acceptors (Lipinski definition) is 3. The van der Waals surface area contributed by atoms with E-state index in [9.17, 15) is 4.79 Å². The molecule has 1 amide bonds. The maximum Gasteiger partial charge on any atom is 0.225 e. The van der Waals surface area contributed by atoms with Crippen molar-refractivity contribution >= 4 is 11.9 Å². The fourth-order valence-corrected chi connectivity index (χ4v) is 3.06. The van der Waals surface area contributed by atoms with E-state index in [-0.39, 0.29) is 17.9 Å².